The number of thiophene rings is 1. The first-order valence-electron chi connectivity index (χ1n) is 16.6. The molecule has 3 aromatic rings. The Balaban J connectivity index is 1.12. The number of hydrogen-bond donors (Lipinski definition) is 2. The van der Waals surface area contributed by atoms with Gasteiger partial charge >= 0.3 is 5.97 Å². The fraction of sp³-hybridized carbons (Fsp3) is 0.514. The minimum atomic E-state index is -0.749. The number of carbonyl (C=O) groups is 3. The summed E-state index contributed by atoms with van der Waals surface area (Å²) in [6.45, 7) is 7.95. The molecule has 12 heteroatoms. The monoisotopic (exact) mass is 684 g/mol. The Labute approximate surface area is 283 Å². The zero-order valence-corrected chi connectivity index (χ0v) is 28.2. The SMILES string of the molecule is CCN1CCN([C@H]2C[C@@H](COC3CCC(C(=O)O)CC3)N(C(=O)Cc3cc(Cl)c(NC(=O)c4csc5ccccc45)cc3F)C2)CC1. The highest BCUT2D eigenvalue weighted by Gasteiger charge is 2.39. The van der Waals surface area contributed by atoms with Gasteiger partial charge in [0.15, 0.2) is 0 Å². The van der Waals surface area contributed by atoms with Gasteiger partial charge in [0.2, 0.25) is 5.91 Å². The summed E-state index contributed by atoms with van der Waals surface area (Å²) in [5.41, 5.74) is 0.812. The van der Waals surface area contributed by atoms with Crippen LogP contribution in [-0.4, -0.2) is 102 Å². The third kappa shape index (κ3) is 7.81. The van der Waals surface area contributed by atoms with Crippen molar-refractivity contribution in [2.45, 2.75) is 63.6 Å². The molecule has 0 spiro atoms. The van der Waals surface area contributed by atoms with Crippen LogP contribution in [0.1, 0.15) is 54.9 Å². The zero-order chi connectivity index (χ0) is 33.1. The van der Waals surface area contributed by atoms with Gasteiger partial charge in [-0.05, 0) is 62.4 Å². The number of ether oxygens (including phenoxy) is 1. The lowest BCUT2D eigenvalue weighted by Gasteiger charge is -2.37. The van der Waals surface area contributed by atoms with Gasteiger partial charge in [-0.3, -0.25) is 19.3 Å². The highest BCUT2D eigenvalue weighted by Crippen LogP contribution is 2.32. The summed E-state index contributed by atoms with van der Waals surface area (Å²) in [5.74, 6) is -2.25. The Morgan fingerprint density at radius 3 is 2.55 bits per heavy atom. The highest BCUT2D eigenvalue weighted by atomic mass is 35.5. The predicted octanol–water partition coefficient (Wildman–Crippen LogP) is 5.76. The molecular weight excluding hydrogens is 643 g/mol. The first kappa shape index (κ1) is 33.8. The van der Waals surface area contributed by atoms with Crippen molar-refractivity contribution in [2.24, 2.45) is 5.92 Å². The molecule has 1 aromatic heterocycles. The number of nitrogens with one attached hydrogen (secondary N) is 1. The van der Waals surface area contributed by atoms with Crippen LogP contribution >= 0.6 is 22.9 Å². The number of benzene rings is 2. The molecule has 252 valence electrons. The normalized spacial score (nSPS) is 24.1. The van der Waals surface area contributed by atoms with E-state index in [2.05, 4.69) is 22.0 Å². The number of halogens is 2. The van der Waals surface area contributed by atoms with Gasteiger partial charge in [0.05, 0.1) is 47.4 Å². The molecule has 9 nitrogen and oxygen atoms in total. The first-order chi connectivity index (χ1) is 22.7. The second kappa shape index (κ2) is 15.0. The number of nitrogens with zero attached hydrogens (tertiary/aromatic N) is 3. The first-order valence-corrected chi connectivity index (χ1v) is 17.8. The quantitative estimate of drug-likeness (QED) is 0.280. The minimum absolute atomic E-state index is 0.0271. The van der Waals surface area contributed by atoms with Crippen LogP contribution < -0.4 is 5.32 Å². The molecule has 3 fully saturated rings. The van der Waals surface area contributed by atoms with Crippen molar-refractivity contribution in [1.82, 2.24) is 14.7 Å². The molecule has 2 aliphatic heterocycles. The number of hydrogen-bond acceptors (Lipinski definition) is 7. The summed E-state index contributed by atoms with van der Waals surface area (Å²) in [6.07, 6.45) is 3.15. The van der Waals surface area contributed by atoms with Crippen LogP contribution in [-0.2, 0) is 20.7 Å². The third-order valence-electron chi connectivity index (χ3n) is 10.1. The maximum atomic E-state index is 15.5. The van der Waals surface area contributed by atoms with Gasteiger partial charge in [0, 0.05) is 54.2 Å². The van der Waals surface area contributed by atoms with Crippen molar-refractivity contribution in [1.29, 1.82) is 0 Å². The Hall–Kier alpha value is -3.09. The van der Waals surface area contributed by atoms with E-state index in [0.29, 0.717) is 44.4 Å². The summed E-state index contributed by atoms with van der Waals surface area (Å²) < 4.78 is 22.8. The van der Waals surface area contributed by atoms with Crippen LogP contribution in [0.5, 0.6) is 0 Å². The van der Waals surface area contributed by atoms with Crippen LogP contribution in [0.3, 0.4) is 0 Å². The Bertz CT molecular complexity index is 1600. The molecule has 1 aliphatic carbocycles. The molecule has 0 unspecified atom stereocenters. The lowest BCUT2D eigenvalue weighted by molar-refractivity contribution is -0.144. The molecule has 6 rings (SSSR count). The van der Waals surface area contributed by atoms with Gasteiger partial charge in [-0.1, -0.05) is 36.7 Å². The molecule has 2 aromatic carbocycles. The molecule has 3 aliphatic rings. The van der Waals surface area contributed by atoms with E-state index in [1.165, 1.54) is 23.5 Å². The van der Waals surface area contributed by atoms with Crippen LogP contribution in [0.15, 0.2) is 41.8 Å². The van der Waals surface area contributed by atoms with Crippen LogP contribution in [0.25, 0.3) is 10.1 Å². The maximum absolute atomic E-state index is 15.5. The largest absolute Gasteiger partial charge is 0.481 e. The van der Waals surface area contributed by atoms with Crippen LogP contribution in [0.2, 0.25) is 5.02 Å². The van der Waals surface area contributed by atoms with Gasteiger partial charge < -0.3 is 25.0 Å². The number of likely N-dealkylation sites (N-methyl/N-ethyl adjacent to an activating group) is 1. The number of carbonyl (C=O) groups excluding carboxylic acids is 2. The summed E-state index contributed by atoms with van der Waals surface area (Å²) in [6, 6.07) is 10.2. The summed E-state index contributed by atoms with van der Waals surface area (Å²) in [5, 5.41) is 14.8. The second-order valence-corrected chi connectivity index (χ2v) is 14.2. The predicted molar refractivity (Wildman–Crippen MR) is 182 cm³/mol. The summed E-state index contributed by atoms with van der Waals surface area (Å²) >= 11 is 8.00. The minimum Gasteiger partial charge on any atom is -0.481 e. The van der Waals surface area contributed by atoms with E-state index in [0.717, 1.165) is 49.2 Å². The Morgan fingerprint density at radius 1 is 1.09 bits per heavy atom. The Kier molecular flexibility index (Phi) is 10.8. The molecule has 47 heavy (non-hydrogen) atoms. The average Bonchev–Trinajstić information content (AvgIpc) is 3.71. The zero-order valence-electron chi connectivity index (χ0n) is 26.6. The van der Waals surface area contributed by atoms with Crippen LogP contribution in [0.4, 0.5) is 10.1 Å². The molecular formula is C35H42ClFN4O5S. The number of anilines is 1. The molecule has 0 radical (unpaired) electrons. The summed E-state index contributed by atoms with van der Waals surface area (Å²) in [4.78, 5) is 45.0. The number of likely N-dealkylation sites (tertiary alicyclic amines) is 1. The van der Waals surface area contributed by atoms with E-state index in [4.69, 9.17) is 16.3 Å². The van der Waals surface area contributed by atoms with Gasteiger partial charge in [-0.15, -0.1) is 11.3 Å². The number of aliphatic carboxylic acids is 1. The molecule has 2 amide bonds. The number of piperazine rings is 1. The fourth-order valence-electron chi connectivity index (χ4n) is 7.22. The number of amides is 2. The van der Waals surface area contributed by atoms with Crippen molar-refractivity contribution >= 4 is 56.5 Å². The van der Waals surface area contributed by atoms with Gasteiger partial charge in [0.1, 0.15) is 5.82 Å². The molecule has 2 saturated heterocycles. The molecule has 3 heterocycles. The van der Waals surface area contributed by atoms with E-state index in [-0.39, 0.29) is 58.6 Å². The standard InChI is InChI=1S/C35H42ClFN4O5S/c1-2-39-11-13-40(14-12-39)24-17-25(20-46-26-9-7-22(8-10-26)35(44)45)41(19-24)33(42)16-23-15-29(36)31(18-30(23)37)38-34(43)28-21-47-32-6-4-3-5-27(28)32/h3-6,15,18,21-22,24-26H,2,7-14,16-17,19-20H2,1H3,(H,38,43)(H,44,45)/t22?,24-,25-,26?/m0/s1. The van der Waals surface area contributed by atoms with E-state index in [1.54, 1.807) is 5.38 Å². The van der Waals surface area contributed by atoms with Crippen molar-refractivity contribution < 1.29 is 28.6 Å². The van der Waals surface area contributed by atoms with E-state index in [9.17, 15) is 19.5 Å². The molecule has 0 bridgehead atoms. The second-order valence-electron chi connectivity index (χ2n) is 12.9. The van der Waals surface area contributed by atoms with Crippen molar-refractivity contribution in [2.75, 3.05) is 51.2 Å². The highest BCUT2D eigenvalue weighted by molar-refractivity contribution is 7.17. The van der Waals surface area contributed by atoms with Crippen molar-refractivity contribution in [3.63, 3.8) is 0 Å². The van der Waals surface area contributed by atoms with E-state index >= 15 is 4.39 Å². The van der Waals surface area contributed by atoms with Gasteiger partial charge in [0.25, 0.3) is 5.91 Å². The van der Waals surface area contributed by atoms with Crippen molar-refractivity contribution in [3.8, 4) is 0 Å². The molecule has 2 atom stereocenters. The number of rotatable bonds is 10. The van der Waals surface area contributed by atoms with Crippen molar-refractivity contribution in [3.05, 3.63) is 63.7 Å². The van der Waals surface area contributed by atoms with Gasteiger partial charge in [-0.2, -0.15) is 0 Å². The topological polar surface area (TPSA) is 102 Å². The lowest BCUT2D eigenvalue weighted by Crippen LogP contribution is -2.51. The number of carboxylic acid groups (broad SMARTS) is 1. The van der Waals surface area contributed by atoms with E-state index < -0.39 is 11.8 Å². The average molecular weight is 685 g/mol. The molecule has 1 saturated carbocycles. The third-order valence-corrected chi connectivity index (χ3v) is 11.4. The maximum Gasteiger partial charge on any atom is 0.306 e. The summed E-state index contributed by atoms with van der Waals surface area (Å²) in [7, 11) is 0. The van der Waals surface area contributed by atoms with Crippen LogP contribution in [0, 0.1) is 11.7 Å². The Morgan fingerprint density at radius 2 is 1.83 bits per heavy atom. The lowest BCUT2D eigenvalue weighted by atomic mass is 9.87. The smallest absolute Gasteiger partial charge is 0.306 e. The van der Waals surface area contributed by atoms with E-state index in [1.807, 2.05) is 29.2 Å². The fourth-order valence-corrected chi connectivity index (χ4v) is 8.39. The number of fused-ring (bicyclic) bond motifs is 1. The molecule has 2 N–H and O–H groups in total. The number of carboxylic acids is 1. The van der Waals surface area contributed by atoms with Gasteiger partial charge in [-0.25, -0.2) is 4.39 Å².